The van der Waals surface area contributed by atoms with E-state index in [4.69, 9.17) is 4.98 Å². The molecule has 0 bridgehead atoms. The summed E-state index contributed by atoms with van der Waals surface area (Å²) in [5, 5.41) is 13.5. The number of hydrogen-bond acceptors (Lipinski definition) is 6. The quantitative estimate of drug-likeness (QED) is 0.508. The van der Waals surface area contributed by atoms with Gasteiger partial charge in [0, 0.05) is 32.3 Å². The smallest absolute Gasteiger partial charge is 0.170 e. The molecular weight excluding hydrogens is 433 g/mol. The summed E-state index contributed by atoms with van der Waals surface area (Å²) >= 11 is 0. The third-order valence-corrected chi connectivity index (χ3v) is 7.02. The molecule has 0 radical (unpaired) electrons. The molecule has 0 atom stereocenters. The Morgan fingerprint density at radius 1 is 1.12 bits per heavy atom. The highest BCUT2D eigenvalue weighted by atomic mass is 19.1. The van der Waals surface area contributed by atoms with Crippen LogP contribution in [0.3, 0.4) is 0 Å². The molecule has 1 aliphatic heterocycles. The van der Waals surface area contributed by atoms with Gasteiger partial charge >= 0.3 is 0 Å². The van der Waals surface area contributed by atoms with E-state index in [0.29, 0.717) is 28.9 Å². The number of aliphatic hydroxyl groups is 1. The number of rotatable bonds is 8. The second-order valence-electron chi connectivity index (χ2n) is 9.46. The minimum Gasteiger partial charge on any atom is -0.396 e. The van der Waals surface area contributed by atoms with Crippen molar-refractivity contribution in [2.75, 3.05) is 24.6 Å². The average Bonchev–Trinajstić information content (AvgIpc) is 3.62. The predicted octanol–water partition coefficient (Wildman–Crippen LogP) is 4.01. The van der Waals surface area contributed by atoms with Crippen LogP contribution < -0.4 is 4.90 Å². The molecule has 1 saturated carbocycles. The van der Waals surface area contributed by atoms with Crippen LogP contribution in [0.4, 0.5) is 10.2 Å². The topological polar surface area (TPSA) is 84.1 Å². The van der Waals surface area contributed by atoms with Crippen molar-refractivity contribution in [2.24, 2.45) is 5.92 Å². The monoisotopic (exact) mass is 463 g/mol. The van der Waals surface area contributed by atoms with E-state index < -0.39 is 5.82 Å². The van der Waals surface area contributed by atoms with Gasteiger partial charge in [0.15, 0.2) is 11.6 Å². The molecular formula is C26H30FN5O2. The van der Waals surface area contributed by atoms with Gasteiger partial charge in [-0.15, -0.1) is 0 Å². The summed E-state index contributed by atoms with van der Waals surface area (Å²) in [4.78, 5) is 24.4. The lowest BCUT2D eigenvalue weighted by molar-refractivity contribution is 0.0992. The normalized spacial score (nSPS) is 16.7. The molecule has 2 fully saturated rings. The van der Waals surface area contributed by atoms with E-state index in [1.165, 1.54) is 24.5 Å². The van der Waals surface area contributed by atoms with Gasteiger partial charge in [0.05, 0.1) is 23.7 Å². The molecule has 1 saturated heterocycles. The highest BCUT2D eigenvalue weighted by Crippen LogP contribution is 2.44. The zero-order valence-corrected chi connectivity index (χ0v) is 19.5. The fourth-order valence-corrected chi connectivity index (χ4v) is 4.88. The standard InChI is InChI=1S/C26H30FN5O2/c1-17-23(16-30-32(17)25-5-4-21(27)15-28-25)24(34)13-19-12-22(20-2-3-20)26(29-14-19)31-9-6-18(7-10-31)8-11-33/h4-5,12,14-16,18,20,33H,2-3,6-11,13H2,1H3. The van der Waals surface area contributed by atoms with E-state index in [-0.39, 0.29) is 18.8 Å². The Kier molecular flexibility index (Phi) is 6.41. The van der Waals surface area contributed by atoms with Crippen molar-refractivity contribution in [3.63, 3.8) is 0 Å². The number of anilines is 1. The van der Waals surface area contributed by atoms with Crippen molar-refractivity contribution in [2.45, 2.75) is 51.4 Å². The van der Waals surface area contributed by atoms with Gasteiger partial charge in [0.1, 0.15) is 11.6 Å². The fourth-order valence-electron chi connectivity index (χ4n) is 4.88. The number of hydrogen-bond donors (Lipinski definition) is 1. The minimum absolute atomic E-state index is 0.0213. The lowest BCUT2D eigenvalue weighted by atomic mass is 9.93. The summed E-state index contributed by atoms with van der Waals surface area (Å²) in [7, 11) is 0. The fraction of sp³-hybridized carbons (Fsp3) is 0.462. The van der Waals surface area contributed by atoms with Crippen LogP contribution in [0.15, 0.2) is 36.8 Å². The summed E-state index contributed by atoms with van der Waals surface area (Å²) in [6.07, 6.45) is 10.2. The van der Waals surface area contributed by atoms with Crippen molar-refractivity contribution in [1.82, 2.24) is 19.7 Å². The van der Waals surface area contributed by atoms with Crippen LogP contribution in [0.25, 0.3) is 5.82 Å². The number of carbonyl (C=O) groups is 1. The summed E-state index contributed by atoms with van der Waals surface area (Å²) in [6.45, 7) is 4.01. The van der Waals surface area contributed by atoms with E-state index in [2.05, 4.69) is 21.0 Å². The van der Waals surface area contributed by atoms with E-state index in [9.17, 15) is 14.3 Å². The predicted molar refractivity (Wildman–Crippen MR) is 127 cm³/mol. The van der Waals surface area contributed by atoms with Crippen LogP contribution in [0.1, 0.15) is 65.2 Å². The molecule has 0 aromatic carbocycles. The first-order chi connectivity index (χ1) is 16.5. The number of nitrogens with zero attached hydrogens (tertiary/aromatic N) is 5. The van der Waals surface area contributed by atoms with Crippen molar-refractivity contribution >= 4 is 11.6 Å². The van der Waals surface area contributed by atoms with Gasteiger partial charge in [0.25, 0.3) is 0 Å². The van der Waals surface area contributed by atoms with Gasteiger partial charge in [-0.1, -0.05) is 0 Å². The Balaban J connectivity index is 1.32. The second kappa shape index (κ2) is 9.62. The number of pyridine rings is 2. The third-order valence-electron chi connectivity index (χ3n) is 7.02. The van der Waals surface area contributed by atoms with Crippen molar-refractivity contribution < 1.29 is 14.3 Å². The van der Waals surface area contributed by atoms with Gasteiger partial charge in [-0.25, -0.2) is 19.0 Å². The number of ketones is 1. The lowest BCUT2D eigenvalue weighted by Crippen LogP contribution is -2.35. The summed E-state index contributed by atoms with van der Waals surface area (Å²) in [5.74, 6) is 2.22. The average molecular weight is 464 g/mol. The van der Waals surface area contributed by atoms with Gasteiger partial charge in [-0.2, -0.15) is 5.10 Å². The maximum absolute atomic E-state index is 13.2. The first-order valence-corrected chi connectivity index (χ1v) is 12.1. The highest BCUT2D eigenvalue weighted by molar-refractivity contribution is 5.98. The van der Waals surface area contributed by atoms with Crippen molar-refractivity contribution in [3.8, 4) is 5.82 Å². The van der Waals surface area contributed by atoms with Crippen molar-refractivity contribution in [1.29, 1.82) is 0 Å². The molecule has 5 rings (SSSR count). The molecule has 4 heterocycles. The molecule has 2 aliphatic rings. The van der Waals surface area contributed by atoms with E-state index in [1.807, 2.05) is 13.1 Å². The van der Waals surface area contributed by atoms with Crippen molar-refractivity contribution in [3.05, 3.63) is 65.0 Å². The zero-order valence-electron chi connectivity index (χ0n) is 19.5. The number of halogens is 1. The molecule has 8 heteroatoms. The molecule has 0 unspecified atom stereocenters. The number of aromatic nitrogens is 4. The van der Waals surface area contributed by atoms with E-state index >= 15 is 0 Å². The SMILES string of the molecule is Cc1c(C(=O)Cc2cnc(N3CCC(CCO)CC3)c(C3CC3)c2)cnn1-c1ccc(F)cn1. The Bertz CT molecular complexity index is 1160. The van der Waals surface area contributed by atoms with Gasteiger partial charge in [-0.3, -0.25) is 4.79 Å². The molecule has 3 aromatic rings. The third kappa shape index (κ3) is 4.73. The van der Waals surface area contributed by atoms with Gasteiger partial charge in [0.2, 0.25) is 0 Å². The molecule has 1 aliphatic carbocycles. The Morgan fingerprint density at radius 2 is 1.91 bits per heavy atom. The second-order valence-corrected chi connectivity index (χ2v) is 9.46. The lowest BCUT2D eigenvalue weighted by Gasteiger charge is -2.34. The Labute approximate surface area is 198 Å². The number of piperidine rings is 1. The Morgan fingerprint density at radius 3 is 2.59 bits per heavy atom. The molecule has 178 valence electrons. The number of Topliss-reactive ketones (excluding diaryl/α,β-unsaturated/α-hetero) is 1. The molecule has 7 nitrogen and oxygen atoms in total. The molecule has 0 spiro atoms. The van der Waals surface area contributed by atoms with Gasteiger partial charge < -0.3 is 10.0 Å². The number of carbonyl (C=O) groups excluding carboxylic acids is 1. The zero-order chi connectivity index (χ0) is 23.7. The van der Waals surface area contributed by atoms with Crippen LogP contribution in [0.2, 0.25) is 0 Å². The molecule has 34 heavy (non-hydrogen) atoms. The van der Waals surface area contributed by atoms with Crippen LogP contribution in [-0.4, -0.2) is 50.3 Å². The highest BCUT2D eigenvalue weighted by Gasteiger charge is 2.31. The Hall–Kier alpha value is -3.13. The molecule has 3 aromatic heterocycles. The van der Waals surface area contributed by atoms with Crippen LogP contribution in [0, 0.1) is 18.7 Å². The molecule has 0 amide bonds. The summed E-state index contributed by atoms with van der Waals surface area (Å²) in [5.41, 5.74) is 3.39. The van der Waals surface area contributed by atoms with Gasteiger partial charge in [-0.05, 0) is 80.2 Å². The van der Waals surface area contributed by atoms with Crippen LogP contribution in [-0.2, 0) is 6.42 Å². The first kappa shape index (κ1) is 22.7. The van der Waals surface area contributed by atoms with Crippen LogP contribution >= 0.6 is 0 Å². The van der Waals surface area contributed by atoms with E-state index in [0.717, 1.165) is 49.9 Å². The summed E-state index contributed by atoms with van der Waals surface area (Å²) < 4.78 is 14.8. The maximum atomic E-state index is 13.2. The van der Waals surface area contributed by atoms with Crippen LogP contribution in [0.5, 0.6) is 0 Å². The minimum atomic E-state index is -0.415. The summed E-state index contributed by atoms with van der Waals surface area (Å²) in [6, 6.07) is 5.03. The molecule has 1 N–H and O–H groups in total. The maximum Gasteiger partial charge on any atom is 0.170 e. The van der Waals surface area contributed by atoms with E-state index in [1.54, 1.807) is 16.9 Å². The first-order valence-electron chi connectivity index (χ1n) is 12.1. The number of aliphatic hydroxyl groups excluding tert-OH is 1. The largest absolute Gasteiger partial charge is 0.396 e.